The second-order valence-electron chi connectivity index (χ2n) is 4.12. The number of pyridine rings is 1. The summed E-state index contributed by atoms with van der Waals surface area (Å²) < 4.78 is 39.4. The Kier molecular flexibility index (Phi) is 2.60. The van der Waals surface area contributed by atoms with E-state index in [1.165, 1.54) is 4.68 Å². The standard InChI is InChI=1S/C12H8F3N5/c13-12(14,15)11-5-10(7(16)6-17-11)20-9-4-2-1-3-8(9)18-19-20/h1-6H,16H2. The topological polar surface area (TPSA) is 69.6 Å². The molecule has 3 rings (SSSR count). The number of aromatic nitrogens is 4. The van der Waals surface area contributed by atoms with Crippen molar-refractivity contribution in [2.24, 2.45) is 0 Å². The highest BCUT2D eigenvalue weighted by Gasteiger charge is 2.33. The summed E-state index contributed by atoms with van der Waals surface area (Å²) in [4.78, 5) is 3.29. The van der Waals surface area contributed by atoms with Gasteiger partial charge in [-0.2, -0.15) is 13.2 Å². The average molecular weight is 279 g/mol. The summed E-state index contributed by atoms with van der Waals surface area (Å²) in [7, 11) is 0. The van der Waals surface area contributed by atoms with Gasteiger partial charge in [0.15, 0.2) is 0 Å². The Labute approximate surface area is 110 Å². The van der Waals surface area contributed by atoms with Gasteiger partial charge in [-0.15, -0.1) is 5.10 Å². The van der Waals surface area contributed by atoms with Gasteiger partial charge in [0.2, 0.25) is 0 Å². The molecule has 8 heteroatoms. The molecule has 0 aliphatic carbocycles. The second kappa shape index (κ2) is 4.19. The Bertz CT molecular complexity index is 778. The number of anilines is 1. The fourth-order valence-electron chi connectivity index (χ4n) is 1.84. The molecule has 20 heavy (non-hydrogen) atoms. The van der Waals surface area contributed by atoms with Crippen LogP contribution in [0, 0.1) is 0 Å². The lowest BCUT2D eigenvalue weighted by molar-refractivity contribution is -0.141. The minimum Gasteiger partial charge on any atom is -0.396 e. The zero-order chi connectivity index (χ0) is 14.3. The van der Waals surface area contributed by atoms with Gasteiger partial charge in [-0.1, -0.05) is 17.3 Å². The lowest BCUT2D eigenvalue weighted by Gasteiger charge is -2.10. The van der Waals surface area contributed by atoms with Gasteiger partial charge in [-0.05, 0) is 18.2 Å². The third-order valence-corrected chi connectivity index (χ3v) is 2.78. The van der Waals surface area contributed by atoms with Gasteiger partial charge in [0.25, 0.3) is 0 Å². The molecule has 0 amide bonds. The number of para-hydroxylation sites is 1. The lowest BCUT2D eigenvalue weighted by atomic mass is 10.2. The Morgan fingerprint density at radius 2 is 1.90 bits per heavy atom. The maximum Gasteiger partial charge on any atom is 0.433 e. The third-order valence-electron chi connectivity index (χ3n) is 2.78. The molecule has 5 nitrogen and oxygen atoms in total. The molecule has 0 atom stereocenters. The van der Waals surface area contributed by atoms with Crippen LogP contribution in [0.15, 0.2) is 36.5 Å². The van der Waals surface area contributed by atoms with E-state index in [2.05, 4.69) is 15.3 Å². The normalized spacial score (nSPS) is 11.9. The van der Waals surface area contributed by atoms with Crippen molar-refractivity contribution in [3.63, 3.8) is 0 Å². The van der Waals surface area contributed by atoms with Crippen molar-refractivity contribution >= 4 is 16.7 Å². The highest BCUT2D eigenvalue weighted by molar-refractivity contribution is 5.77. The molecule has 0 bridgehead atoms. The monoisotopic (exact) mass is 279 g/mol. The fraction of sp³-hybridized carbons (Fsp3) is 0.0833. The molecule has 1 aromatic carbocycles. The number of hydrogen-bond acceptors (Lipinski definition) is 4. The van der Waals surface area contributed by atoms with E-state index in [1.807, 2.05) is 0 Å². The van der Waals surface area contributed by atoms with Crippen LogP contribution in [0.25, 0.3) is 16.7 Å². The van der Waals surface area contributed by atoms with Crippen LogP contribution in [0.3, 0.4) is 0 Å². The van der Waals surface area contributed by atoms with E-state index in [4.69, 9.17) is 5.73 Å². The molecular weight excluding hydrogens is 271 g/mol. The quantitative estimate of drug-likeness (QED) is 0.742. The van der Waals surface area contributed by atoms with Crippen LogP contribution < -0.4 is 5.73 Å². The number of hydrogen-bond donors (Lipinski definition) is 1. The minimum absolute atomic E-state index is 0.0913. The smallest absolute Gasteiger partial charge is 0.396 e. The first-order valence-electron chi connectivity index (χ1n) is 5.60. The maximum absolute atomic E-state index is 12.7. The number of nitrogen functional groups attached to an aromatic ring is 1. The van der Waals surface area contributed by atoms with Gasteiger partial charge >= 0.3 is 6.18 Å². The van der Waals surface area contributed by atoms with Gasteiger partial charge in [-0.25, -0.2) is 9.67 Å². The number of nitrogens with two attached hydrogens (primary N) is 1. The van der Waals surface area contributed by atoms with Crippen molar-refractivity contribution < 1.29 is 13.2 Å². The molecule has 0 aliphatic rings. The first-order valence-corrected chi connectivity index (χ1v) is 5.60. The van der Waals surface area contributed by atoms with Crippen molar-refractivity contribution in [1.29, 1.82) is 0 Å². The predicted molar refractivity (Wildman–Crippen MR) is 66.1 cm³/mol. The van der Waals surface area contributed by atoms with Gasteiger partial charge < -0.3 is 5.73 Å². The average Bonchev–Trinajstić information content (AvgIpc) is 2.82. The van der Waals surface area contributed by atoms with Crippen LogP contribution in [-0.2, 0) is 6.18 Å². The van der Waals surface area contributed by atoms with E-state index in [9.17, 15) is 13.2 Å². The zero-order valence-electron chi connectivity index (χ0n) is 9.96. The largest absolute Gasteiger partial charge is 0.433 e. The molecule has 2 N–H and O–H groups in total. The Morgan fingerprint density at radius 3 is 2.65 bits per heavy atom. The van der Waals surface area contributed by atoms with E-state index >= 15 is 0 Å². The molecule has 102 valence electrons. The zero-order valence-corrected chi connectivity index (χ0v) is 9.96. The maximum atomic E-state index is 12.7. The SMILES string of the molecule is Nc1cnc(C(F)(F)F)cc1-n1nnc2ccccc21. The number of rotatable bonds is 1. The first kappa shape index (κ1) is 12.4. The van der Waals surface area contributed by atoms with Crippen LogP contribution >= 0.6 is 0 Å². The molecule has 0 saturated carbocycles. The fourth-order valence-corrected chi connectivity index (χ4v) is 1.84. The predicted octanol–water partition coefficient (Wildman–Crippen LogP) is 2.42. The molecule has 0 spiro atoms. The molecular formula is C12H8F3N5. The number of fused-ring (bicyclic) bond motifs is 1. The molecule has 0 unspecified atom stereocenters. The van der Waals surface area contributed by atoms with E-state index in [1.54, 1.807) is 24.3 Å². The summed E-state index contributed by atoms with van der Waals surface area (Å²) in [6.07, 6.45) is -3.58. The van der Waals surface area contributed by atoms with E-state index < -0.39 is 11.9 Å². The van der Waals surface area contributed by atoms with Gasteiger partial charge in [-0.3, -0.25) is 0 Å². The molecule has 0 aliphatic heterocycles. The second-order valence-corrected chi connectivity index (χ2v) is 4.12. The van der Waals surface area contributed by atoms with Crippen LogP contribution in [0.2, 0.25) is 0 Å². The Balaban J connectivity index is 2.24. The van der Waals surface area contributed by atoms with E-state index in [-0.39, 0.29) is 11.4 Å². The molecule has 0 saturated heterocycles. The Morgan fingerprint density at radius 1 is 1.15 bits per heavy atom. The van der Waals surface area contributed by atoms with Crippen molar-refractivity contribution in [3.05, 3.63) is 42.2 Å². The van der Waals surface area contributed by atoms with Crippen molar-refractivity contribution in [1.82, 2.24) is 20.0 Å². The summed E-state index contributed by atoms with van der Waals surface area (Å²) in [5.74, 6) is 0. The number of alkyl halides is 3. The van der Waals surface area contributed by atoms with Crippen LogP contribution in [0.1, 0.15) is 5.69 Å². The molecule has 2 heterocycles. The van der Waals surface area contributed by atoms with Crippen molar-refractivity contribution in [3.8, 4) is 5.69 Å². The van der Waals surface area contributed by atoms with Crippen LogP contribution in [0.5, 0.6) is 0 Å². The van der Waals surface area contributed by atoms with Crippen LogP contribution in [-0.4, -0.2) is 20.0 Å². The molecule has 0 fully saturated rings. The highest BCUT2D eigenvalue weighted by Crippen LogP contribution is 2.31. The van der Waals surface area contributed by atoms with E-state index in [0.717, 1.165) is 12.3 Å². The number of halogens is 3. The van der Waals surface area contributed by atoms with Gasteiger partial charge in [0, 0.05) is 0 Å². The lowest BCUT2D eigenvalue weighted by Crippen LogP contribution is -2.11. The van der Waals surface area contributed by atoms with Crippen LogP contribution in [0.4, 0.5) is 18.9 Å². The summed E-state index contributed by atoms with van der Waals surface area (Å²) in [5.41, 5.74) is 5.99. The summed E-state index contributed by atoms with van der Waals surface area (Å²) in [5, 5.41) is 7.72. The summed E-state index contributed by atoms with van der Waals surface area (Å²) >= 11 is 0. The summed E-state index contributed by atoms with van der Waals surface area (Å²) in [6.45, 7) is 0. The molecule has 3 aromatic rings. The van der Waals surface area contributed by atoms with Gasteiger partial charge in [0.05, 0.1) is 23.1 Å². The Hall–Kier alpha value is -2.64. The first-order chi connectivity index (χ1) is 9.47. The van der Waals surface area contributed by atoms with Crippen molar-refractivity contribution in [2.45, 2.75) is 6.18 Å². The third kappa shape index (κ3) is 1.94. The highest BCUT2D eigenvalue weighted by atomic mass is 19.4. The van der Waals surface area contributed by atoms with E-state index in [0.29, 0.717) is 11.0 Å². The minimum atomic E-state index is -4.54. The number of nitrogens with zero attached hydrogens (tertiary/aromatic N) is 4. The molecule has 2 aromatic heterocycles. The van der Waals surface area contributed by atoms with Gasteiger partial charge in [0.1, 0.15) is 11.2 Å². The summed E-state index contributed by atoms with van der Waals surface area (Å²) in [6, 6.07) is 7.77. The molecule has 0 radical (unpaired) electrons. The number of benzene rings is 1. The van der Waals surface area contributed by atoms with Crippen molar-refractivity contribution in [2.75, 3.05) is 5.73 Å².